The summed E-state index contributed by atoms with van der Waals surface area (Å²) >= 11 is 1.32. The number of aliphatic hydroxyl groups is 1. The lowest BCUT2D eigenvalue weighted by Crippen LogP contribution is -2.63. The van der Waals surface area contributed by atoms with E-state index in [0.29, 0.717) is 12.2 Å². The number of aliphatic hydroxyl groups excluding tert-OH is 1. The van der Waals surface area contributed by atoms with Gasteiger partial charge in [0.1, 0.15) is 0 Å². The molecule has 0 amide bonds. The Kier molecular flexibility index (Phi) is 5.91. The quantitative estimate of drug-likeness (QED) is 0.471. The van der Waals surface area contributed by atoms with Gasteiger partial charge in [0.15, 0.2) is 17.2 Å². The zero-order valence-corrected chi connectivity index (χ0v) is 24.5. The van der Waals surface area contributed by atoms with E-state index in [2.05, 4.69) is 44.2 Å². The Morgan fingerprint density at radius 1 is 1.10 bits per heavy atom. The van der Waals surface area contributed by atoms with E-state index in [9.17, 15) is 14.7 Å². The number of hydrogen-bond acceptors (Lipinski definition) is 6. The van der Waals surface area contributed by atoms with Crippen molar-refractivity contribution in [3.05, 3.63) is 71.8 Å². The fraction of sp³-hybridized carbons (Fsp3) is 0.529. The molecule has 3 saturated carbocycles. The average Bonchev–Trinajstić information content (AvgIpc) is 3.32. The first-order chi connectivity index (χ1) is 19.0. The second kappa shape index (κ2) is 8.87. The molecule has 210 valence electrons. The molecule has 0 spiro atoms. The summed E-state index contributed by atoms with van der Waals surface area (Å²) in [5.74, 6) is 0.108. The van der Waals surface area contributed by atoms with Gasteiger partial charge in [-0.1, -0.05) is 79.7 Å². The van der Waals surface area contributed by atoms with Crippen molar-refractivity contribution in [1.29, 1.82) is 0 Å². The minimum absolute atomic E-state index is 0.000772. The number of benzene rings is 2. The first-order valence-electron chi connectivity index (χ1n) is 14.6. The second-order valence-electron chi connectivity index (χ2n) is 13.5. The van der Waals surface area contributed by atoms with Crippen LogP contribution in [0.4, 0.5) is 0 Å². The highest BCUT2D eigenvalue weighted by Crippen LogP contribution is 2.70. The Morgan fingerprint density at radius 3 is 2.67 bits per heavy atom. The first kappa shape index (κ1) is 26.6. The molecule has 1 heterocycles. The van der Waals surface area contributed by atoms with Crippen LogP contribution in [0.5, 0.6) is 0 Å². The third kappa shape index (κ3) is 3.65. The van der Waals surface area contributed by atoms with E-state index in [0.717, 1.165) is 35.8 Å². The number of hydrogen-bond donors (Lipinski definition) is 1. The number of allylic oxidation sites excluding steroid dienone is 4. The standard InChI is InChI=1S/C34H38O5S/c1-31(2)38-28-17-26-25-12-11-23-16-24(35)13-14-32(23,3)29(25)27(36)18-33(26,4)34(28,39-31)30(37)40-19-20-9-10-21-7-5-6-8-22(21)15-20/h5-10,13-16,25-29,36H,11-12,17-19H2,1-4H3/t25?,26?,27-,28+,29?,32?,33?,34-/m0/s1. The molecular formula is C34H38O5S. The van der Waals surface area contributed by atoms with Gasteiger partial charge in [0, 0.05) is 22.5 Å². The number of ketones is 1. The first-order valence-corrected chi connectivity index (χ1v) is 15.6. The highest BCUT2D eigenvalue weighted by molar-refractivity contribution is 8.13. The molecule has 7 rings (SSSR count). The Balaban J connectivity index is 1.22. The Hall–Kier alpha value is -2.25. The molecule has 1 N–H and O–H groups in total. The van der Waals surface area contributed by atoms with Gasteiger partial charge in [-0.3, -0.25) is 9.59 Å². The molecule has 0 aromatic heterocycles. The van der Waals surface area contributed by atoms with E-state index in [4.69, 9.17) is 9.47 Å². The SMILES string of the molecule is CC1(C)O[C@@H]2CC3C4CCC5=CC(=O)C=CC5(C)C4[C@@H](O)CC3(C)[C@]2(C(=O)SCc2ccc3ccccc3c2)O1. The molecule has 2 aromatic rings. The van der Waals surface area contributed by atoms with Gasteiger partial charge in [0.25, 0.3) is 0 Å². The number of ether oxygens (including phenoxy) is 2. The number of rotatable bonds is 3. The fourth-order valence-electron chi connectivity index (χ4n) is 9.36. The topological polar surface area (TPSA) is 72.8 Å². The summed E-state index contributed by atoms with van der Waals surface area (Å²) in [4.78, 5) is 26.6. The van der Waals surface area contributed by atoms with Gasteiger partial charge in [-0.25, -0.2) is 0 Å². The van der Waals surface area contributed by atoms with Crippen molar-refractivity contribution in [1.82, 2.24) is 0 Å². The summed E-state index contributed by atoms with van der Waals surface area (Å²) in [5, 5.41) is 14.2. The summed E-state index contributed by atoms with van der Waals surface area (Å²) in [5.41, 5.74) is 0.199. The van der Waals surface area contributed by atoms with Crippen LogP contribution in [0.2, 0.25) is 0 Å². The second-order valence-corrected chi connectivity index (χ2v) is 14.5. The zero-order valence-electron chi connectivity index (χ0n) is 23.7. The van der Waals surface area contributed by atoms with Crippen LogP contribution in [-0.2, 0) is 24.8 Å². The van der Waals surface area contributed by atoms with Gasteiger partial charge in [0.05, 0.1) is 12.2 Å². The molecule has 1 aliphatic heterocycles. The normalized spacial score (nSPS) is 41.2. The van der Waals surface area contributed by atoms with Crippen LogP contribution in [0.1, 0.15) is 58.9 Å². The highest BCUT2D eigenvalue weighted by atomic mass is 32.2. The maximum absolute atomic E-state index is 14.4. The zero-order chi connectivity index (χ0) is 28.1. The molecule has 4 fully saturated rings. The lowest BCUT2D eigenvalue weighted by atomic mass is 9.46. The summed E-state index contributed by atoms with van der Waals surface area (Å²) in [7, 11) is 0. The van der Waals surface area contributed by atoms with Gasteiger partial charge >= 0.3 is 0 Å². The Morgan fingerprint density at radius 2 is 1.88 bits per heavy atom. The molecule has 6 heteroatoms. The minimum Gasteiger partial charge on any atom is -0.393 e. The number of carbonyl (C=O) groups is 2. The van der Waals surface area contributed by atoms with Gasteiger partial charge in [-0.05, 0) is 79.9 Å². The van der Waals surface area contributed by atoms with E-state index >= 15 is 0 Å². The van der Waals surface area contributed by atoms with Crippen LogP contribution < -0.4 is 0 Å². The molecule has 4 aliphatic carbocycles. The smallest absolute Gasteiger partial charge is 0.224 e. The van der Waals surface area contributed by atoms with Crippen molar-refractivity contribution in [2.24, 2.45) is 28.6 Å². The van der Waals surface area contributed by atoms with Gasteiger partial charge in [-0.2, -0.15) is 0 Å². The van der Waals surface area contributed by atoms with Crippen LogP contribution in [0.15, 0.2) is 66.3 Å². The number of carbonyl (C=O) groups excluding carboxylic acids is 2. The molecule has 40 heavy (non-hydrogen) atoms. The van der Waals surface area contributed by atoms with Crippen molar-refractivity contribution in [2.75, 3.05) is 0 Å². The molecule has 5 unspecified atom stereocenters. The number of thioether (sulfide) groups is 1. The molecule has 5 nitrogen and oxygen atoms in total. The molecule has 1 saturated heterocycles. The monoisotopic (exact) mass is 558 g/mol. The highest BCUT2D eigenvalue weighted by Gasteiger charge is 2.77. The Labute approximate surface area is 240 Å². The Bertz CT molecular complexity index is 1480. The molecule has 0 radical (unpaired) electrons. The van der Waals surface area contributed by atoms with Gasteiger partial charge < -0.3 is 14.6 Å². The predicted molar refractivity (Wildman–Crippen MR) is 156 cm³/mol. The van der Waals surface area contributed by atoms with E-state index < -0.39 is 22.9 Å². The van der Waals surface area contributed by atoms with E-state index in [1.165, 1.54) is 17.1 Å². The fourth-order valence-corrected chi connectivity index (χ4v) is 10.5. The molecular weight excluding hydrogens is 520 g/mol. The van der Waals surface area contributed by atoms with Crippen molar-refractivity contribution in [3.63, 3.8) is 0 Å². The van der Waals surface area contributed by atoms with Crippen molar-refractivity contribution in [3.8, 4) is 0 Å². The minimum atomic E-state index is -1.12. The van der Waals surface area contributed by atoms with Crippen LogP contribution in [0, 0.1) is 28.6 Å². The molecule has 8 atom stereocenters. The van der Waals surface area contributed by atoms with E-state index in [1.54, 1.807) is 12.2 Å². The third-order valence-corrected chi connectivity index (χ3v) is 12.0. The summed E-state index contributed by atoms with van der Waals surface area (Å²) in [6, 6.07) is 14.6. The third-order valence-electron chi connectivity index (χ3n) is 11.0. The summed E-state index contributed by atoms with van der Waals surface area (Å²) < 4.78 is 13.3. The van der Waals surface area contributed by atoms with Crippen LogP contribution >= 0.6 is 11.8 Å². The molecule has 2 aromatic carbocycles. The molecule has 5 aliphatic rings. The van der Waals surface area contributed by atoms with Gasteiger partial charge in [0.2, 0.25) is 5.12 Å². The average molecular weight is 559 g/mol. The van der Waals surface area contributed by atoms with Crippen LogP contribution in [0.3, 0.4) is 0 Å². The maximum atomic E-state index is 14.4. The van der Waals surface area contributed by atoms with Crippen molar-refractivity contribution < 1.29 is 24.2 Å². The van der Waals surface area contributed by atoms with E-state index in [-0.39, 0.29) is 40.2 Å². The lowest BCUT2D eigenvalue weighted by molar-refractivity contribution is -0.221. The maximum Gasteiger partial charge on any atom is 0.224 e. The largest absolute Gasteiger partial charge is 0.393 e. The van der Waals surface area contributed by atoms with Crippen LogP contribution in [-0.4, -0.2) is 39.6 Å². The number of fused-ring (bicyclic) bond motifs is 8. The molecule has 0 bridgehead atoms. The summed E-state index contributed by atoms with van der Waals surface area (Å²) in [6.45, 7) is 8.15. The van der Waals surface area contributed by atoms with E-state index in [1.807, 2.05) is 32.1 Å². The van der Waals surface area contributed by atoms with Crippen molar-refractivity contribution in [2.45, 2.75) is 82.7 Å². The van der Waals surface area contributed by atoms with Gasteiger partial charge in [-0.15, -0.1) is 0 Å². The summed E-state index contributed by atoms with van der Waals surface area (Å²) in [6.07, 6.45) is 7.46. The lowest BCUT2D eigenvalue weighted by Gasteiger charge is -2.59. The van der Waals surface area contributed by atoms with Crippen LogP contribution in [0.25, 0.3) is 10.8 Å². The van der Waals surface area contributed by atoms with Crippen molar-refractivity contribution >= 4 is 33.4 Å². The predicted octanol–water partition coefficient (Wildman–Crippen LogP) is 6.38.